The summed E-state index contributed by atoms with van der Waals surface area (Å²) in [6.07, 6.45) is 3.81. The van der Waals surface area contributed by atoms with Crippen molar-refractivity contribution in [1.29, 1.82) is 0 Å². The molecule has 7 heteroatoms. The Hall–Kier alpha value is -1.18. The number of nitrogen functional groups attached to an aromatic ring is 1. The molecule has 0 bridgehead atoms. The van der Waals surface area contributed by atoms with Crippen molar-refractivity contribution in [3.05, 3.63) is 18.3 Å². The molecule has 1 aliphatic heterocycles. The standard InChI is InChI=1S/C12H19N3O3S/c13-11-4-1-6-14-12(11)19(17,18)15-7-2-3-10(9-15)5-8-16/h1,4,6,10,16H,2-3,5,7-9,13H2. The largest absolute Gasteiger partial charge is 0.396 e. The molecule has 0 aromatic carbocycles. The van der Waals surface area contributed by atoms with Gasteiger partial charge in [-0.3, -0.25) is 0 Å². The monoisotopic (exact) mass is 285 g/mol. The zero-order valence-electron chi connectivity index (χ0n) is 10.7. The summed E-state index contributed by atoms with van der Waals surface area (Å²) < 4.78 is 26.4. The lowest BCUT2D eigenvalue weighted by Gasteiger charge is -2.31. The average Bonchev–Trinajstić information content (AvgIpc) is 2.40. The van der Waals surface area contributed by atoms with Crippen LogP contribution >= 0.6 is 0 Å². The number of rotatable bonds is 4. The van der Waals surface area contributed by atoms with Gasteiger partial charge in [-0.1, -0.05) is 0 Å². The molecule has 0 radical (unpaired) electrons. The normalized spacial score (nSPS) is 21.4. The molecule has 3 N–H and O–H groups in total. The Morgan fingerprint density at radius 1 is 1.53 bits per heavy atom. The van der Waals surface area contributed by atoms with E-state index in [-0.39, 0.29) is 23.2 Å². The van der Waals surface area contributed by atoms with Gasteiger partial charge >= 0.3 is 0 Å². The van der Waals surface area contributed by atoms with Crippen LogP contribution in [0.4, 0.5) is 5.69 Å². The van der Waals surface area contributed by atoms with Crippen LogP contribution < -0.4 is 5.73 Å². The predicted molar refractivity (Wildman–Crippen MR) is 71.8 cm³/mol. The second-order valence-electron chi connectivity index (χ2n) is 4.78. The van der Waals surface area contributed by atoms with Crippen LogP contribution in [0.2, 0.25) is 0 Å². The smallest absolute Gasteiger partial charge is 0.262 e. The van der Waals surface area contributed by atoms with E-state index in [1.165, 1.54) is 16.6 Å². The molecule has 106 valence electrons. The molecule has 1 aliphatic rings. The number of aliphatic hydroxyl groups excluding tert-OH is 1. The minimum atomic E-state index is -3.63. The highest BCUT2D eigenvalue weighted by Crippen LogP contribution is 2.26. The molecular formula is C12H19N3O3S. The molecule has 2 heterocycles. The van der Waals surface area contributed by atoms with Crippen molar-refractivity contribution in [3.63, 3.8) is 0 Å². The Kier molecular flexibility index (Phi) is 4.38. The Balaban J connectivity index is 2.22. The fourth-order valence-corrected chi connectivity index (χ4v) is 3.99. The van der Waals surface area contributed by atoms with E-state index in [0.29, 0.717) is 19.5 Å². The van der Waals surface area contributed by atoms with Gasteiger partial charge in [-0.05, 0) is 37.3 Å². The number of hydrogen-bond donors (Lipinski definition) is 2. The van der Waals surface area contributed by atoms with Gasteiger partial charge in [-0.25, -0.2) is 13.4 Å². The number of nitrogens with two attached hydrogens (primary N) is 1. The van der Waals surface area contributed by atoms with E-state index < -0.39 is 10.0 Å². The van der Waals surface area contributed by atoms with Crippen LogP contribution in [0.15, 0.2) is 23.4 Å². The van der Waals surface area contributed by atoms with Gasteiger partial charge in [0.05, 0.1) is 5.69 Å². The lowest BCUT2D eigenvalue weighted by molar-refractivity contribution is 0.202. The van der Waals surface area contributed by atoms with Gasteiger partial charge in [0.25, 0.3) is 10.0 Å². The number of aliphatic hydroxyl groups is 1. The molecule has 0 saturated carbocycles. The van der Waals surface area contributed by atoms with Gasteiger partial charge in [0.15, 0.2) is 5.03 Å². The van der Waals surface area contributed by atoms with E-state index in [1.807, 2.05) is 0 Å². The first kappa shape index (κ1) is 14.2. The number of nitrogens with zero attached hydrogens (tertiary/aromatic N) is 2. The fourth-order valence-electron chi connectivity index (χ4n) is 2.40. The van der Waals surface area contributed by atoms with Gasteiger partial charge in [0, 0.05) is 25.9 Å². The van der Waals surface area contributed by atoms with E-state index >= 15 is 0 Å². The summed E-state index contributed by atoms with van der Waals surface area (Å²) in [6.45, 7) is 1.00. The molecule has 2 rings (SSSR count). The molecule has 0 spiro atoms. The summed E-state index contributed by atoms with van der Waals surface area (Å²) in [5.74, 6) is 0.207. The first-order chi connectivity index (χ1) is 9.05. The lowest BCUT2D eigenvalue weighted by Crippen LogP contribution is -2.40. The lowest BCUT2D eigenvalue weighted by atomic mass is 9.97. The Labute approximate surface area is 113 Å². The highest BCUT2D eigenvalue weighted by molar-refractivity contribution is 7.89. The second-order valence-corrected chi connectivity index (χ2v) is 6.63. The van der Waals surface area contributed by atoms with E-state index in [2.05, 4.69) is 4.98 Å². The molecule has 1 fully saturated rings. The molecule has 0 aliphatic carbocycles. The van der Waals surface area contributed by atoms with Crippen molar-refractivity contribution < 1.29 is 13.5 Å². The van der Waals surface area contributed by atoms with Crippen molar-refractivity contribution in [1.82, 2.24) is 9.29 Å². The predicted octanol–water partition coefficient (Wildman–Crippen LogP) is 0.447. The maximum atomic E-state index is 12.5. The Bertz CT molecular complexity index is 531. The first-order valence-electron chi connectivity index (χ1n) is 6.37. The number of sulfonamides is 1. The Morgan fingerprint density at radius 2 is 2.32 bits per heavy atom. The summed E-state index contributed by atoms with van der Waals surface area (Å²) in [5.41, 5.74) is 5.87. The minimum Gasteiger partial charge on any atom is -0.396 e. The fraction of sp³-hybridized carbons (Fsp3) is 0.583. The quantitative estimate of drug-likeness (QED) is 0.837. The minimum absolute atomic E-state index is 0.0698. The molecular weight excluding hydrogens is 266 g/mol. The van der Waals surface area contributed by atoms with Crippen molar-refractivity contribution in [3.8, 4) is 0 Å². The third kappa shape index (κ3) is 3.05. The van der Waals surface area contributed by atoms with Crippen molar-refractivity contribution >= 4 is 15.7 Å². The topological polar surface area (TPSA) is 96.5 Å². The second kappa shape index (κ2) is 5.85. The van der Waals surface area contributed by atoms with Gasteiger partial charge in [-0.15, -0.1) is 0 Å². The number of hydrogen-bond acceptors (Lipinski definition) is 5. The van der Waals surface area contributed by atoms with Crippen LogP contribution in [0, 0.1) is 5.92 Å². The zero-order valence-corrected chi connectivity index (χ0v) is 11.5. The summed E-state index contributed by atoms with van der Waals surface area (Å²) in [7, 11) is -3.63. The molecule has 6 nitrogen and oxygen atoms in total. The van der Waals surface area contributed by atoms with Crippen LogP contribution in [0.5, 0.6) is 0 Å². The maximum Gasteiger partial charge on any atom is 0.262 e. The van der Waals surface area contributed by atoms with E-state index in [1.54, 1.807) is 6.07 Å². The third-order valence-electron chi connectivity index (χ3n) is 3.40. The summed E-state index contributed by atoms with van der Waals surface area (Å²) in [4.78, 5) is 3.89. The summed E-state index contributed by atoms with van der Waals surface area (Å²) >= 11 is 0. The third-order valence-corrected chi connectivity index (χ3v) is 5.25. The highest BCUT2D eigenvalue weighted by Gasteiger charge is 2.32. The molecule has 1 unspecified atom stereocenters. The van der Waals surface area contributed by atoms with Crippen molar-refractivity contribution in [2.45, 2.75) is 24.3 Å². The first-order valence-corrected chi connectivity index (χ1v) is 7.81. The van der Waals surface area contributed by atoms with E-state index in [0.717, 1.165) is 12.8 Å². The number of aromatic nitrogens is 1. The number of piperidine rings is 1. The maximum absolute atomic E-state index is 12.5. The average molecular weight is 285 g/mol. The number of anilines is 1. The van der Waals surface area contributed by atoms with Crippen molar-refractivity contribution in [2.24, 2.45) is 5.92 Å². The molecule has 1 aromatic heterocycles. The van der Waals surface area contributed by atoms with Crippen LogP contribution in [0.1, 0.15) is 19.3 Å². The number of pyridine rings is 1. The molecule has 19 heavy (non-hydrogen) atoms. The van der Waals surface area contributed by atoms with Crippen LogP contribution in [0.3, 0.4) is 0 Å². The zero-order chi connectivity index (χ0) is 13.9. The van der Waals surface area contributed by atoms with Gasteiger partial charge in [-0.2, -0.15) is 4.31 Å². The Morgan fingerprint density at radius 3 is 3.00 bits per heavy atom. The van der Waals surface area contributed by atoms with Crippen LogP contribution in [-0.2, 0) is 10.0 Å². The summed E-state index contributed by atoms with van der Waals surface area (Å²) in [5, 5.41) is 8.90. The van der Waals surface area contributed by atoms with Gasteiger partial charge in [0.2, 0.25) is 0 Å². The SMILES string of the molecule is Nc1cccnc1S(=O)(=O)N1CCCC(CCO)C1. The molecule has 1 atom stereocenters. The van der Waals surface area contributed by atoms with Crippen molar-refractivity contribution in [2.75, 3.05) is 25.4 Å². The molecule has 0 amide bonds. The van der Waals surface area contributed by atoms with E-state index in [4.69, 9.17) is 10.8 Å². The molecule has 1 aromatic rings. The van der Waals surface area contributed by atoms with E-state index in [9.17, 15) is 8.42 Å². The van der Waals surface area contributed by atoms with Crippen LogP contribution in [-0.4, -0.2) is 42.5 Å². The van der Waals surface area contributed by atoms with Gasteiger partial charge in [0.1, 0.15) is 0 Å². The van der Waals surface area contributed by atoms with Crippen LogP contribution in [0.25, 0.3) is 0 Å². The summed E-state index contributed by atoms with van der Waals surface area (Å²) in [6, 6.07) is 3.15. The van der Waals surface area contributed by atoms with Gasteiger partial charge < -0.3 is 10.8 Å². The molecule has 1 saturated heterocycles. The highest BCUT2D eigenvalue weighted by atomic mass is 32.2.